The molecular formula is C16H12F3N3O2S2. The Hall–Kier alpha value is -2.46. The van der Waals surface area contributed by atoms with Gasteiger partial charge in [0.25, 0.3) is 5.91 Å². The lowest BCUT2D eigenvalue weighted by Gasteiger charge is -2.11. The maximum absolute atomic E-state index is 13.5. The Bertz CT molecular complexity index is 1040. The molecule has 0 fully saturated rings. The maximum atomic E-state index is 13.5. The molecule has 2 aromatic heterocycles. The summed E-state index contributed by atoms with van der Waals surface area (Å²) < 4.78 is 52.1. The number of alkyl halides is 3. The number of thiophene rings is 1. The van der Waals surface area contributed by atoms with E-state index in [0.717, 1.165) is 17.4 Å². The topological polar surface area (TPSA) is 99.1 Å². The fourth-order valence-corrected chi connectivity index (χ4v) is 3.98. The van der Waals surface area contributed by atoms with Crippen molar-refractivity contribution in [1.29, 1.82) is 0 Å². The summed E-state index contributed by atoms with van der Waals surface area (Å²) in [4.78, 5) is 16.0. The summed E-state index contributed by atoms with van der Waals surface area (Å²) in [7, 11) is -1.21. The van der Waals surface area contributed by atoms with Gasteiger partial charge < -0.3 is 11.5 Å². The third kappa shape index (κ3) is 3.17. The lowest BCUT2D eigenvalue weighted by atomic mass is 10.1. The highest BCUT2D eigenvalue weighted by atomic mass is 32.2. The number of aromatic nitrogens is 1. The second kappa shape index (κ2) is 6.36. The van der Waals surface area contributed by atoms with E-state index < -0.39 is 28.4 Å². The van der Waals surface area contributed by atoms with Crippen LogP contribution in [0.25, 0.3) is 21.5 Å². The van der Waals surface area contributed by atoms with Gasteiger partial charge in [-0.15, -0.1) is 11.3 Å². The number of nitrogen functional groups attached to an aromatic ring is 1. The molecule has 0 aliphatic heterocycles. The number of amides is 1. The Morgan fingerprint density at radius 3 is 2.35 bits per heavy atom. The standard InChI is InChI=1S/C16H12F3N3O2S2/c1-26(24)8-4-2-7(3-5-8)10-6-9(16(17,18)19)11-12(20)13(14(21)23)25-15(11)22-10/h2-6H,20H2,1H3,(H2,21,23). The number of nitrogens with two attached hydrogens (primary N) is 2. The van der Waals surface area contributed by atoms with Crippen molar-refractivity contribution in [3.8, 4) is 11.3 Å². The number of carbonyl (C=O) groups excluding carboxylic acids is 1. The van der Waals surface area contributed by atoms with Gasteiger partial charge in [0.15, 0.2) is 0 Å². The van der Waals surface area contributed by atoms with E-state index in [9.17, 15) is 22.2 Å². The van der Waals surface area contributed by atoms with Gasteiger partial charge in [0.05, 0.1) is 16.9 Å². The van der Waals surface area contributed by atoms with Crippen LogP contribution in [0.4, 0.5) is 18.9 Å². The van der Waals surface area contributed by atoms with Gasteiger partial charge in [-0.05, 0) is 18.2 Å². The van der Waals surface area contributed by atoms with Crippen molar-refractivity contribution >= 4 is 43.9 Å². The Morgan fingerprint density at radius 1 is 1.23 bits per heavy atom. The molecule has 26 heavy (non-hydrogen) atoms. The van der Waals surface area contributed by atoms with Gasteiger partial charge in [-0.2, -0.15) is 13.2 Å². The number of primary amides is 1. The molecule has 0 bridgehead atoms. The number of hydrogen-bond donors (Lipinski definition) is 2. The van der Waals surface area contributed by atoms with Crippen LogP contribution in [0.15, 0.2) is 35.2 Å². The molecule has 3 aromatic rings. The van der Waals surface area contributed by atoms with Crippen molar-refractivity contribution in [3.05, 3.63) is 40.8 Å². The van der Waals surface area contributed by atoms with Crippen LogP contribution >= 0.6 is 11.3 Å². The molecule has 0 aliphatic rings. The summed E-state index contributed by atoms with van der Waals surface area (Å²) >= 11 is 0.720. The minimum atomic E-state index is -4.69. The van der Waals surface area contributed by atoms with Crippen molar-refractivity contribution in [1.82, 2.24) is 4.98 Å². The van der Waals surface area contributed by atoms with E-state index >= 15 is 0 Å². The first-order valence-electron chi connectivity index (χ1n) is 7.13. The highest BCUT2D eigenvalue weighted by Crippen LogP contribution is 2.43. The molecule has 1 aromatic carbocycles. The van der Waals surface area contributed by atoms with Gasteiger partial charge in [0.2, 0.25) is 0 Å². The molecule has 0 aliphatic carbocycles. The molecule has 5 nitrogen and oxygen atoms in total. The molecule has 0 radical (unpaired) electrons. The highest BCUT2D eigenvalue weighted by Gasteiger charge is 2.36. The van der Waals surface area contributed by atoms with Crippen molar-refractivity contribution in [3.63, 3.8) is 0 Å². The summed E-state index contributed by atoms with van der Waals surface area (Å²) in [5, 5.41) is -0.327. The van der Waals surface area contributed by atoms with Crippen molar-refractivity contribution in [2.45, 2.75) is 11.1 Å². The van der Waals surface area contributed by atoms with Gasteiger partial charge in [-0.3, -0.25) is 9.00 Å². The molecule has 4 N–H and O–H groups in total. The van der Waals surface area contributed by atoms with Crippen LogP contribution in [0.1, 0.15) is 15.2 Å². The summed E-state index contributed by atoms with van der Waals surface area (Å²) in [6.45, 7) is 0. The van der Waals surface area contributed by atoms with Crippen LogP contribution < -0.4 is 11.5 Å². The molecular weight excluding hydrogens is 387 g/mol. The van der Waals surface area contributed by atoms with Crippen molar-refractivity contribution in [2.24, 2.45) is 5.73 Å². The van der Waals surface area contributed by atoms with E-state index in [4.69, 9.17) is 11.5 Å². The van der Waals surface area contributed by atoms with Gasteiger partial charge in [0.1, 0.15) is 9.71 Å². The normalized spacial score (nSPS) is 13.1. The summed E-state index contributed by atoms with van der Waals surface area (Å²) in [5.74, 6) is -0.907. The fraction of sp³-hybridized carbons (Fsp3) is 0.125. The Morgan fingerprint density at radius 2 is 1.85 bits per heavy atom. The Kier molecular flexibility index (Phi) is 4.49. The van der Waals surface area contributed by atoms with E-state index in [1.54, 1.807) is 12.1 Å². The zero-order valence-corrected chi connectivity index (χ0v) is 14.9. The maximum Gasteiger partial charge on any atom is 0.417 e. The van der Waals surface area contributed by atoms with Crippen LogP contribution in [0.2, 0.25) is 0 Å². The van der Waals surface area contributed by atoms with Gasteiger partial charge >= 0.3 is 6.18 Å². The van der Waals surface area contributed by atoms with E-state index in [0.29, 0.717) is 10.5 Å². The molecule has 0 saturated carbocycles. The number of fused-ring (bicyclic) bond motifs is 1. The molecule has 0 saturated heterocycles. The van der Waals surface area contributed by atoms with Crippen molar-refractivity contribution < 1.29 is 22.2 Å². The minimum absolute atomic E-state index is 0.0238. The first-order valence-corrected chi connectivity index (χ1v) is 9.51. The van der Waals surface area contributed by atoms with Gasteiger partial charge in [-0.1, -0.05) is 12.1 Å². The monoisotopic (exact) mass is 399 g/mol. The lowest BCUT2D eigenvalue weighted by molar-refractivity contribution is -0.136. The third-order valence-electron chi connectivity index (χ3n) is 3.71. The highest BCUT2D eigenvalue weighted by molar-refractivity contribution is 7.84. The van der Waals surface area contributed by atoms with Crippen LogP contribution in [-0.2, 0) is 17.0 Å². The molecule has 1 amide bonds. The van der Waals surface area contributed by atoms with E-state index in [1.807, 2.05) is 0 Å². The number of rotatable bonds is 3. The average molecular weight is 399 g/mol. The second-order valence-electron chi connectivity index (χ2n) is 5.42. The SMILES string of the molecule is CS(=O)c1ccc(-c2cc(C(F)(F)F)c3c(N)c(C(N)=O)sc3n2)cc1. The molecule has 2 heterocycles. The fourth-order valence-electron chi connectivity index (χ4n) is 2.49. The predicted octanol–water partition coefficient (Wildman–Crippen LogP) is 3.40. The number of halogens is 3. The zero-order chi connectivity index (χ0) is 19.2. The van der Waals surface area contributed by atoms with Crippen LogP contribution in [0.5, 0.6) is 0 Å². The lowest BCUT2D eigenvalue weighted by Crippen LogP contribution is -2.11. The van der Waals surface area contributed by atoms with Crippen LogP contribution in [0, 0.1) is 0 Å². The Balaban J connectivity index is 2.28. The number of nitrogens with zero attached hydrogens (tertiary/aromatic N) is 1. The largest absolute Gasteiger partial charge is 0.417 e. The van der Waals surface area contributed by atoms with Crippen LogP contribution in [-0.4, -0.2) is 21.4 Å². The van der Waals surface area contributed by atoms with E-state index in [2.05, 4.69) is 4.98 Å². The number of anilines is 1. The van der Waals surface area contributed by atoms with Crippen molar-refractivity contribution in [2.75, 3.05) is 12.0 Å². The molecule has 10 heteroatoms. The van der Waals surface area contributed by atoms with Gasteiger partial charge in [-0.25, -0.2) is 4.98 Å². The number of pyridine rings is 1. The van der Waals surface area contributed by atoms with Gasteiger partial charge in [0, 0.05) is 32.9 Å². The molecule has 1 unspecified atom stereocenters. The average Bonchev–Trinajstić information content (AvgIpc) is 2.90. The van der Waals surface area contributed by atoms with E-state index in [1.165, 1.54) is 18.4 Å². The molecule has 1 atom stereocenters. The zero-order valence-electron chi connectivity index (χ0n) is 13.3. The summed E-state index contributed by atoms with van der Waals surface area (Å²) in [6, 6.07) is 7.08. The summed E-state index contributed by atoms with van der Waals surface area (Å²) in [6.07, 6.45) is -3.19. The number of hydrogen-bond acceptors (Lipinski definition) is 5. The smallest absolute Gasteiger partial charge is 0.397 e. The first kappa shape index (κ1) is 18.3. The second-order valence-corrected chi connectivity index (χ2v) is 7.80. The third-order valence-corrected chi connectivity index (χ3v) is 5.76. The molecule has 0 spiro atoms. The van der Waals surface area contributed by atoms with E-state index in [-0.39, 0.29) is 26.5 Å². The number of benzene rings is 1. The molecule has 136 valence electrons. The number of carbonyl (C=O) groups is 1. The summed E-state index contributed by atoms with van der Waals surface area (Å²) in [5.41, 5.74) is 10.1. The quantitative estimate of drug-likeness (QED) is 0.705. The van der Waals surface area contributed by atoms with Crippen LogP contribution in [0.3, 0.4) is 0 Å². The first-order chi connectivity index (χ1) is 12.1. The molecule has 3 rings (SSSR count). The predicted molar refractivity (Wildman–Crippen MR) is 95.3 cm³/mol. The minimum Gasteiger partial charge on any atom is -0.397 e. The Labute approximate surface area is 152 Å².